The van der Waals surface area contributed by atoms with Crippen molar-refractivity contribution >= 4 is 74.3 Å². The molecule has 0 unspecified atom stereocenters. The van der Waals surface area contributed by atoms with E-state index in [0.29, 0.717) is 0 Å². The number of fused-ring (bicyclic) bond motifs is 2. The first-order valence-corrected chi connectivity index (χ1v) is 22.9. The Kier molecular flexibility index (Phi) is 11.5. The molecule has 0 aliphatic carbocycles. The SMILES string of the molecule is CC(=O)O[C@H]1[C@H](n2cnc3c(Cl)nc(N)nc32)O[C@@](CO[Si](c2ccccc2)(c2ccccc2)C(C)(C)C)([C@@H](C)OS(C)(=O)=O)[C@H]1OCc1ccc2ccccc2c1. The molecule has 1 fully saturated rings. The van der Waals surface area contributed by atoms with Crippen molar-refractivity contribution in [2.45, 2.75) is 76.4 Å². The van der Waals surface area contributed by atoms with E-state index in [2.05, 4.69) is 35.7 Å². The number of imidazole rings is 1. The fourth-order valence-electron chi connectivity index (χ4n) is 8.03. The van der Waals surface area contributed by atoms with E-state index in [1.807, 2.05) is 103 Å². The first-order valence-electron chi connectivity index (χ1n) is 18.8. The molecule has 2 aromatic heterocycles. The lowest BCUT2D eigenvalue weighted by Crippen LogP contribution is -2.69. The summed E-state index contributed by atoms with van der Waals surface area (Å²) in [5, 5.41) is 3.50. The number of hydrogen-bond acceptors (Lipinski definition) is 12. The third-order valence-electron chi connectivity index (χ3n) is 10.6. The van der Waals surface area contributed by atoms with Gasteiger partial charge >= 0.3 is 5.97 Å². The molecule has 16 heteroatoms. The highest BCUT2D eigenvalue weighted by Gasteiger charge is 2.64. The number of nitrogen functional groups attached to an aromatic ring is 1. The molecule has 0 amide bonds. The van der Waals surface area contributed by atoms with Gasteiger partial charge in [-0.15, -0.1) is 0 Å². The van der Waals surface area contributed by atoms with Crippen LogP contribution in [0, 0.1) is 0 Å². The highest BCUT2D eigenvalue weighted by Crippen LogP contribution is 2.47. The highest BCUT2D eigenvalue weighted by molar-refractivity contribution is 7.86. The van der Waals surface area contributed by atoms with Gasteiger partial charge in [-0.3, -0.25) is 13.5 Å². The van der Waals surface area contributed by atoms with Crippen LogP contribution in [-0.4, -0.2) is 79.0 Å². The number of halogens is 1. The van der Waals surface area contributed by atoms with Gasteiger partial charge in [0, 0.05) is 6.92 Å². The second-order valence-electron chi connectivity index (χ2n) is 15.5. The molecule has 0 bridgehead atoms. The van der Waals surface area contributed by atoms with Crippen molar-refractivity contribution in [3.63, 3.8) is 0 Å². The third-order valence-corrected chi connectivity index (χ3v) is 16.4. The highest BCUT2D eigenvalue weighted by atomic mass is 35.5. The second kappa shape index (κ2) is 16.1. The van der Waals surface area contributed by atoms with E-state index in [-0.39, 0.29) is 35.5 Å². The largest absolute Gasteiger partial charge is 0.455 e. The number of hydrogen-bond donors (Lipinski definition) is 1. The van der Waals surface area contributed by atoms with Crippen molar-refractivity contribution in [2.24, 2.45) is 0 Å². The number of ether oxygens (including phenoxy) is 3. The van der Waals surface area contributed by atoms with Crippen LogP contribution in [0.2, 0.25) is 10.2 Å². The zero-order valence-corrected chi connectivity index (χ0v) is 35.6. The molecule has 2 N–H and O–H groups in total. The Morgan fingerprint density at radius 1 is 0.966 bits per heavy atom. The molecule has 3 heterocycles. The number of anilines is 1. The zero-order chi connectivity index (χ0) is 41.5. The van der Waals surface area contributed by atoms with Crippen LogP contribution >= 0.6 is 11.6 Å². The lowest BCUT2D eigenvalue weighted by atomic mass is 9.90. The molecule has 4 aromatic carbocycles. The molecule has 1 aliphatic heterocycles. The summed E-state index contributed by atoms with van der Waals surface area (Å²) >= 11 is 6.47. The molecule has 1 saturated heterocycles. The summed E-state index contributed by atoms with van der Waals surface area (Å²) in [5.74, 6) is -0.768. The first-order chi connectivity index (χ1) is 27.5. The Balaban J connectivity index is 1.44. The van der Waals surface area contributed by atoms with Crippen molar-refractivity contribution in [1.82, 2.24) is 19.5 Å². The van der Waals surface area contributed by atoms with Crippen LogP contribution in [0.5, 0.6) is 0 Å². The Morgan fingerprint density at radius 3 is 2.19 bits per heavy atom. The molecular formula is C42H46ClN5O8SSi. The van der Waals surface area contributed by atoms with Crippen LogP contribution in [0.25, 0.3) is 21.9 Å². The van der Waals surface area contributed by atoms with Gasteiger partial charge < -0.3 is 24.4 Å². The monoisotopic (exact) mass is 843 g/mol. The van der Waals surface area contributed by atoms with E-state index in [0.717, 1.165) is 33.0 Å². The van der Waals surface area contributed by atoms with Gasteiger partial charge in [0.05, 0.1) is 25.8 Å². The average molecular weight is 844 g/mol. The van der Waals surface area contributed by atoms with Gasteiger partial charge in [-0.25, -0.2) is 4.98 Å². The number of esters is 1. The Labute approximate surface area is 343 Å². The Bertz CT molecular complexity index is 2500. The zero-order valence-electron chi connectivity index (χ0n) is 33.0. The summed E-state index contributed by atoms with van der Waals surface area (Å²) in [4.78, 5) is 26.0. The second-order valence-corrected chi connectivity index (χ2v) is 21.8. The number of benzene rings is 4. The lowest BCUT2D eigenvalue weighted by Gasteiger charge is -2.46. The molecule has 0 spiro atoms. The number of nitrogens with zero attached hydrogens (tertiary/aromatic N) is 4. The summed E-state index contributed by atoms with van der Waals surface area (Å²) in [5.41, 5.74) is 5.50. The van der Waals surface area contributed by atoms with E-state index < -0.39 is 59.6 Å². The molecule has 6 aromatic rings. The quantitative estimate of drug-likeness (QED) is 0.0630. The van der Waals surface area contributed by atoms with E-state index in [1.165, 1.54) is 17.8 Å². The fourth-order valence-corrected chi connectivity index (χ4v) is 13.5. The molecule has 58 heavy (non-hydrogen) atoms. The maximum absolute atomic E-state index is 13.1. The normalized spacial score (nSPS) is 20.7. The molecule has 7 rings (SSSR count). The van der Waals surface area contributed by atoms with Crippen LogP contribution < -0.4 is 16.1 Å². The topological polar surface area (TPSA) is 167 Å². The number of nitrogens with two attached hydrogens (primary N) is 1. The van der Waals surface area contributed by atoms with E-state index in [1.54, 1.807) is 6.92 Å². The van der Waals surface area contributed by atoms with Crippen LogP contribution in [0.3, 0.4) is 0 Å². The van der Waals surface area contributed by atoms with E-state index in [9.17, 15) is 13.2 Å². The minimum Gasteiger partial charge on any atom is -0.455 e. The third kappa shape index (κ3) is 7.99. The molecule has 13 nitrogen and oxygen atoms in total. The van der Waals surface area contributed by atoms with Crippen molar-refractivity contribution in [1.29, 1.82) is 0 Å². The van der Waals surface area contributed by atoms with Crippen molar-refractivity contribution in [3.05, 3.63) is 120 Å². The number of aromatic nitrogens is 4. The predicted octanol–water partition coefficient (Wildman–Crippen LogP) is 5.94. The standard InChI is InChI=1S/C42H46ClN5O8SSi/c1-27(56-57(6,50)51)42(25-53-58(41(3,4)5,32-17-9-7-10-18-32)33-19-11-8-12-20-33)36(52-24-29-21-22-30-15-13-14-16-31(30)23-29)35(54-28(2)49)39(55-42)48-26-45-34-37(43)46-40(44)47-38(34)48/h7-23,26-27,35-36,39H,24-25H2,1-6H3,(H2,44,46,47)/t27-,35-,36+,39-,42+/m1/s1. The van der Waals surface area contributed by atoms with Crippen LogP contribution in [0.15, 0.2) is 109 Å². The Morgan fingerprint density at radius 2 is 1.59 bits per heavy atom. The number of carbonyl (C=O) groups is 1. The molecular weight excluding hydrogens is 798 g/mol. The fraction of sp³-hybridized carbons (Fsp3) is 0.333. The van der Waals surface area contributed by atoms with Crippen molar-refractivity contribution in [3.8, 4) is 0 Å². The van der Waals surface area contributed by atoms with Gasteiger partial charge in [-0.2, -0.15) is 18.4 Å². The summed E-state index contributed by atoms with van der Waals surface area (Å²) in [6, 6.07) is 33.8. The van der Waals surface area contributed by atoms with Crippen LogP contribution in [0.4, 0.5) is 5.95 Å². The van der Waals surface area contributed by atoms with Gasteiger partial charge in [0.1, 0.15) is 23.3 Å². The van der Waals surface area contributed by atoms with Crippen molar-refractivity contribution in [2.75, 3.05) is 18.6 Å². The lowest BCUT2D eigenvalue weighted by molar-refractivity contribution is -0.180. The van der Waals surface area contributed by atoms with Gasteiger partial charge in [-0.1, -0.05) is 129 Å². The summed E-state index contributed by atoms with van der Waals surface area (Å²) in [6.45, 7) is 8.98. The maximum Gasteiger partial charge on any atom is 0.303 e. The van der Waals surface area contributed by atoms with E-state index >= 15 is 0 Å². The van der Waals surface area contributed by atoms with Crippen LogP contribution in [0.1, 0.15) is 46.4 Å². The smallest absolute Gasteiger partial charge is 0.303 e. The average Bonchev–Trinajstić information content (AvgIpc) is 3.72. The molecule has 1 aliphatic rings. The molecule has 304 valence electrons. The van der Waals surface area contributed by atoms with Gasteiger partial charge in [0.2, 0.25) is 5.95 Å². The summed E-state index contributed by atoms with van der Waals surface area (Å²) in [6.07, 6.45) is -2.56. The van der Waals surface area contributed by atoms with E-state index in [4.69, 9.17) is 40.2 Å². The van der Waals surface area contributed by atoms with Gasteiger partial charge in [0.15, 0.2) is 23.1 Å². The van der Waals surface area contributed by atoms with Gasteiger partial charge in [0.25, 0.3) is 18.4 Å². The van der Waals surface area contributed by atoms with Crippen molar-refractivity contribution < 1.29 is 36.0 Å². The Hall–Kier alpha value is -4.74. The van der Waals surface area contributed by atoms with Crippen LogP contribution in [-0.2, 0) is 44.3 Å². The molecule has 5 atom stereocenters. The summed E-state index contributed by atoms with van der Waals surface area (Å²) < 4.78 is 61.2. The number of carbonyl (C=O) groups excluding carboxylic acids is 1. The molecule has 0 radical (unpaired) electrons. The predicted molar refractivity (Wildman–Crippen MR) is 225 cm³/mol. The first kappa shape index (κ1) is 41.4. The summed E-state index contributed by atoms with van der Waals surface area (Å²) in [7, 11) is -7.46. The number of rotatable bonds is 13. The maximum atomic E-state index is 13.1. The molecule has 0 saturated carbocycles. The minimum atomic E-state index is -4.12. The van der Waals surface area contributed by atoms with Gasteiger partial charge in [-0.05, 0) is 44.7 Å². The minimum absolute atomic E-state index is 0.00226.